The quantitative estimate of drug-likeness (QED) is 0.420. The Morgan fingerprint density at radius 1 is 0.903 bits per heavy atom. The lowest BCUT2D eigenvalue weighted by Crippen LogP contribution is -2.67. The minimum absolute atomic E-state index is 0.103. The zero-order chi connectivity index (χ0) is 23.1. The first kappa shape index (κ1) is 23.7. The normalized spacial score (nSPS) is 25.0. The molecule has 1 amide bonds. The monoisotopic (exact) mass is 439 g/mol. The van der Waals surface area contributed by atoms with E-state index >= 15 is 0 Å². The van der Waals surface area contributed by atoms with Crippen LogP contribution < -0.4 is 5.32 Å². The second-order valence-corrected chi connectivity index (χ2v) is 6.29. The number of ether oxygens (including phenoxy) is 5. The Hall–Kier alpha value is -3.61. The van der Waals surface area contributed by atoms with E-state index in [0.29, 0.717) is 0 Å². The Labute approximate surface area is 176 Å². The molecule has 0 aliphatic carbocycles. The lowest BCUT2D eigenvalue weighted by molar-refractivity contribution is -0.251. The highest BCUT2D eigenvalue weighted by Gasteiger charge is 2.55. The van der Waals surface area contributed by atoms with Crippen molar-refractivity contribution in [1.82, 2.24) is 15.3 Å². The third-order valence-electron chi connectivity index (χ3n) is 3.95. The van der Waals surface area contributed by atoms with E-state index in [1.807, 2.05) is 0 Å². The second-order valence-electron chi connectivity index (χ2n) is 6.29. The molecule has 1 aliphatic rings. The largest absolute Gasteiger partial charge is 0.467 e. The van der Waals surface area contributed by atoms with Gasteiger partial charge in [0.2, 0.25) is 0 Å². The van der Waals surface area contributed by atoms with Crippen LogP contribution in [-0.2, 0) is 42.9 Å². The Morgan fingerprint density at radius 2 is 1.48 bits per heavy atom. The van der Waals surface area contributed by atoms with Gasteiger partial charge in [-0.3, -0.25) is 24.2 Å². The molecule has 1 aliphatic heterocycles. The van der Waals surface area contributed by atoms with Crippen LogP contribution in [0.5, 0.6) is 0 Å². The lowest BCUT2D eigenvalue weighted by Gasteiger charge is -2.43. The van der Waals surface area contributed by atoms with Crippen molar-refractivity contribution in [2.45, 2.75) is 51.4 Å². The van der Waals surface area contributed by atoms with Gasteiger partial charge >= 0.3 is 23.9 Å². The van der Waals surface area contributed by atoms with Crippen LogP contribution in [0, 0.1) is 0 Å². The summed E-state index contributed by atoms with van der Waals surface area (Å²) in [6.07, 6.45) is -3.83. The van der Waals surface area contributed by atoms with Crippen molar-refractivity contribution in [3.8, 4) is 0 Å². The van der Waals surface area contributed by atoms with Crippen molar-refractivity contribution in [3.05, 3.63) is 24.3 Å². The van der Waals surface area contributed by atoms with Gasteiger partial charge < -0.3 is 29.0 Å². The van der Waals surface area contributed by atoms with Gasteiger partial charge in [0.25, 0.3) is 5.91 Å². The summed E-state index contributed by atoms with van der Waals surface area (Å²) in [6.45, 7) is 3.19. The molecule has 0 saturated carbocycles. The fraction of sp³-hybridized carbons (Fsp3) is 0.500. The van der Waals surface area contributed by atoms with Crippen LogP contribution in [0.1, 0.15) is 31.3 Å². The Bertz CT molecular complexity index is 846. The van der Waals surface area contributed by atoms with Gasteiger partial charge in [0, 0.05) is 33.2 Å². The molecule has 31 heavy (non-hydrogen) atoms. The number of aromatic nitrogens is 2. The molecular formula is C18H21N3O10. The van der Waals surface area contributed by atoms with E-state index in [9.17, 15) is 24.0 Å². The first-order valence-corrected chi connectivity index (χ1v) is 8.95. The molecule has 0 aromatic carbocycles. The van der Waals surface area contributed by atoms with E-state index in [-0.39, 0.29) is 5.69 Å². The van der Waals surface area contributed by atoms with Crippen molar-refractivity contribution >= 4 is 29.8 Å². The summed E-state index contributed by atoms with van der Waals surface area (Å²) in [6, 6.07) is 0. The zero-order valence-corrected chi connectivity index (χ0v) is 17.1. The molecule has 1 aromatic rings. The van der Waals surface area contributed by atoms with Crippen molar-refractivity contribution in [2.24, 2.45) is 0 Å². The van der Waals surface area contributed by atoms with Crippen LogP contribution in [0.4, 0.5) is 0 Å². The number of rotatable bonds is 6. The summed E-state index contributed by atoms with van der Waals surface area (Å²) in [7, 11) is 1.06. The Kier molecular flexibility index (Phi) is 7.96. The molecule has 1 N–H and O–H groups in total. The van der Waals surface area contributed by atoms with E-state index in [1.54, 1.807) is 0 Å². The number of amides is 1. The molecule has 1 fully saturated rings. The van der Waals surface area contributed by atoms with E-state index in [4.69, 9.17) is 18.9 Å². The van der Waals surface area contributed by atoms with Gasteiger partial charge in [-0.1, -0.05) is 0 Å². The first-order chi connectivity index (χ1) is 14.6. The van der Waals surface area contributed by atoms with Gasteiger partial charge in [0.05, 0.1) is 13.3 Å². The number of nitrogens with zero attached hydrogens (tertiary/aromatic N) is 2. The molecule has 2 rings (SSSR count). The molecule has 13 nitrogen and oxygen atoms in total. The van der Waals surface area contributed by atoms with Gasteiger partial charge in [-0.15, -0.1) is 0 Å². The van der Waals surface area contributed by atoms with Crippen LogP contribution in [0.15, 0.2) is 18.6 Å². The third kappa shape index (κ3) is 6.18. The van der Waals surface area contributed by atoms with Crippen molar-refractivity contribution < 1.29 is 47.7 Å². The molecule has 0 bridgehead atoms. The number of methoxy groups -OCH3 is 1. The minimum atomic E-state index is -1.61. The predicted octanol–water partition coefficient (Wildman–Crippen LogP) is -1.10. The molecule has 0 unspecified atom stereocenters. The maximum Gasteiger partial charge on any atom is 0.339 e. The fourth-order valence-corrected chi connectivity index (χ4v) is 2.85. The van der Waals surface area contributed by atoms with Gasteiger partial charge in [-0.2, -0.15) is 0 Å². The van der Waals surface area contributed by atoms with Crippen LogP contribution in [0.25, 0.3) is 0 Å². The molecule has 13 heteroatoms. The molecule has 2 heterocycles. The second kappa shape index (κ2) is 10.4. The molecule has 1 saturated heterocycles. The number of carbonyl (C=O) groups excluding carboxylic acids is 5. The highest BCUT2D eigenvalue weighted by molar-refractivity contribution is 5.92. The average molecular weight is 439 g/mol. The number of nitrogens with one attached hydrogen (secondary N) is 1. The van der Waals surface area contributed by atoms with Gasteiger partial charge in [0.15, 0.2) is 30.6 Å². The molecule has 0 spiro atoms. The van der Waals surface area contributed by atoms with E-state index in [0.717, 1.165) is 27.9 Å². The average Bonchev–Trinajstić information content (AvgIpc) is 2.71. The molecule has 5 atom stereocenters. The summed E-state index contributed by atoms with van der Waals surface area (Å²) in [5.41, 5.74) is -0.103. The Morgan fingerprint density at radius 3 is 2.00 bits per heavy atom. The summed E-state index contributed by atoms with van der Waals surface area (Å²) in [5.74, 6) is -4.25. The van der Waals surface area contributed by atoms with E-state index < -0.39 is 60.4 Å². The maximum atomic E-state index is 12.5. The van der Waals surface area contributed by atoms with Crippen molar-refractivity contribution in [1.29, 1.82) is 0 Å². The van der Waals surface area contributed by atoms with Crippen LogP contribution in [0.3, 0.4) is 0 Å². The number of esters is 4. The van der Waals surface area contributed by atoms with Crippen molar-refractivity contribution in [2.75, 3.05) is 7.11 Å². The smallest absolute Gasteiger partial charge is 0.339 e. The van der Waals surface area contributed by atoms with Crippen molar-refractivity contribution in [3.63, 3.8) is 0 Å². The molecule has 0 radical (unpaired) electrons. The Balaban J connectivity index is 2.46. The first-order valence-electron chi connectivity index (χ1n) is 8.95. The van der Waals surface area contributed by atoms with Gasteiger partial charge in [-0.25, -0.2) is 9.78 Å². The summed E-state index contributed by atoms with van der Waals surface area (Å²) >= 11 is 0. The predicted molar refractivity (Wildman–Crippen MR) is 96.8 cm³/mol. The molecular weight excluding hydrogens is 418 g/mol. The maximum absolute atomic E-state index is 12.5. The lowest BCUT2D eigenvalue weighted by atomic mass is 9.96. The number of hydrogen-bond acceptors (Lipinski definition) is 12. The summed E-state index contributed by atoms with van der Waals surface area (Å²) in [5, 5.41) is 2.40. The van der Waals surface area contributed by atoms with E-state index in [1.165, 1.54) is 18.6 Å². The van der Waals surface area contributed by atoms with Gasteiger partial charge in [0.1, 0.15) is 5.69 Å². The van der Waals surface area contributed by atoms with Crippen LogP contribution >= 0.6 is 0 Å². The third-order valence-corrected chi connectivity index (χ3v) is 3.95. The molecule has 168 valence electrons. The minimum Gasteiger partial charge on any atom is -0.467 e. The zero-order valence-electron chi connectivity index (χ0n) is 17.1. The standard InChI is InChI=1S/C18H21N3O10/c1-8(22)28-12-13(29-9(2)23)15(18(26)27-4)31-17(14(12)30-10(3)24)21-16(25)11-7-19-5-6-20-11/h5-7,12-15,17H,1-4H3,(H,21,25)/t12-,13-,14+,15-,17+/m0/s1. The van der Waals surface area contributed by atoms with Crippen LogP contribution in [0.2, 0.25) is 0 Å². The molecule has 1 aromatic heterocycles. The highest BCUT2D eigenvalue weighted by atomic mass is 16.7. The number of carbonyl (C=O) groups is 5. The topological polar surface area (TPSA) is 169 Å². The SMILES string of the molecule is COC(=O)[C@H]1O[C@@H](NC(=O)c2cnccn2)[C@H](OC(C)=O)[C@@H](OC(C)=O)[C@@H]1OC(C)=O. The van der Waals surface area contributed by atoms with E-state index in [2.05, 4.69) is 20.0 Å². The number of hydrogen-bond donors (Lipinski definition) is 1. The summed E-state index contributed by atoms with van der Waals surface area (Å²) < 4.78 is 25.8. The fourth-order valence-electron chi connectivity index (χ4n) is 2.85. The van der Waals surface area contributed by atoms with Crippen LogP contribution in [-0.4, -0.2) is 77.5 Å². The highest BCUT2D eigenvalue weighted by Crippen LogP contribution is 2.28. The summed E-state index contributed by atoms with van der Waals surface area (Å²) in [4.78, 5) is 67.5. The van der Waals surface area contributed by atoms with Gasteiger partial charge in [-0.05, 0) is 0 Å².